The highest BCUT2D eigenvalue weighted by Gasteiger charge is 2.34. The van der Waals surface area contributed by atoms with Gasteiger partial charge >= 0.3 is 5.97 Å². The second-order valence-electron chi connectivity index (χ2n) is 8.62. The topological polar surface area (TPSA) is 106 Å². The zero-order valence-electron chi connectivity index (χ0n) is 18.2. The van der Waals surface area contributed by atoms with E-state index in [0.717, 1.165) is 0 Å². The summed E-state index contributed by atoms with van der Waals surface area (Å²) in [6.07, 6.45) is 0.0193. The summed E-state index contributed by atoms with van der Waals surface area (Å²) in [5.74, 6) is -1.90. The molecule has 0 saturated carbocycles. The van der Waals surface area contributed by atoms with E-state index in [0.29, 0.717) is 33.4 Å². The second kappa shape index (κ2) is 8.09. The molecule has 168 valence electrons. The van der Waals surface area contributed by atoms with Gasteiger partial charge in [0.1, 0.15) is 11.6 Å². The lowest BCUT2D eigenvalue weighted by Crippen LogP contribution is -2.29. The quantitative estimate of drug-likeness (QED) is 0.388. The molecule has 0 radical (unpaired) electrons. The molecule has 0 bridgehead atoms. The van der Waals surface area contributed by atoms with Crippen LogP contribution in [0.4, 0.5) is 4.39 Å². The minimum absolute atomic E-state index is 0.0193. The summed E-state index contributed by atoms with van der Waals surface area (Å²) in [6, 6.07) is 17.4. The molecule has 1 amide bonds. The van der Waals surface area contributed by atoms with Crippen LogP contribution in [0.2, 0.25) is 0 Å². The standard InChI is InChI=1S/C26H23FN2O4/c1-26(2,14-21(28)31)24-22(15-6-8-16(9-7-15)25(32)33)23-19(4-3-5-20(23)30)29(24)18-12-10-17(27)11-13-18/h3-13,30H,14H2,1-2H3,(H2,28,31)(H,32,33). The number of primary amides is 1. The van der Waals surface area contributed by atoms with E-state index in [1.54, 1.807) is 36.4 Å². The molecule has 1 heterocycles. The van der Waals surface area contributed by atoms with Gasteiger partial charge < -0.3 is 20.5 Å². The molecule has 0 unspecified atom stereocenters. The first-order chi connectivity index (χ1) is 15.6. The minimum atomic E-state index is -1.05. The maximum atomic E-state index is 13.7. The van der Waals surface area contributed by atoms with Crippen LogP contribution >= 0.6 is 0 Å². The number of amides is 1. The molecule has 0 aliphatic rings. The van der Waals surface area contributed by atoms with Crippen molar-refractivity contribution in [3.63, 3.8) is 0 Å². The third-order valence-corrected chi connectivity index (χ3v) is 5.73. The first-order valence-corrected chi connectivity index (χ1v) is 10.3. The van der Waals surface area contributed by atoms with Crippen molar-refractivity contribution >= 4 is 22.8 Å². The normalized spacial score (nSPS) is 11.6. The highest BCUT2D eigenvalue weighted by Crippen LogP contribution is 2.46. The van der Waals surface area contributed by atoms with Gasteiger partial charge in [-0.25, -0.2) is 9.18 Å². The first-order valence-electron chi connectivity index (χ1n) is 10.3. The first kappa shape index (κ1) is 22.1. The van der Waals surface area contributed by atoms with E-state index in [-0.39, 0.29) is 23.6 Å². The minimum Gasteiger partial charge on any atom is -0.507 e. The predicted octanol–water partition coefficient (Wildman–Crippen LogP) is 4.99. The number of carboxylic acid groups (broad SMARTS) is 1. The van der Waals surface area contributed by atoms with Crippen molar-refractivity contribution in [2.24, 2.45) is 5.73 Å². The van der Waals surface area contributed by atoms with Gasteiger partial charge in [0.25, 0.3) is 0 Å². The smallest absolute Gasteiger partial charge is 0.335 e. The summed E-state index contributed by atoms with van der Waals surface area (Å²) in [4.78, 5) is 23.3. The fraction of sp³-hybridized carbons (Fsp3) is 0.154. The zero-order valence-corrected chi connectivity index (χ0v) is 18.2. The van der Waals surface area contributed by atoms with Gasteiger partial charge in [-0.3, -0.25) is 4.79 Å². The number of aromatic nitrogens is 1. The Morgan fingerprint density at radius 2 is 1.64 bits per heavy atom. The van der Waals surface area contributed by atoms with E-state index >= 15 is 0 Å². The number of halogens is 1. The van der Waals surface area contributed by atoms with Gasteiger partial charge in [-0.15, -0.1) is 0 Å². The molecule has 0 spiro atoms. The van der Waals surface area contributed by atoms with Crippen LogP contribution in [-0.4, -0.2) is 26.7 Å². The molecule has 6 nitrogen and oxygen atoms in total. The Hall–Kier alpha value is -4.13. The van der Waals surface area contributed by atoms with Crippen molar-refractivity contribution in [3.05, 3.63) is 83.8 Å². The average molecular weight is 446 g/mol. The van der Waals surface area contributed by atoms with Crippen molar-refractivity contribution in [2.45, 2.75) is 25.7 Å². The van der Waals surface area contributed by atoms with Gasteiger partial charge in [-0.2, -0.15) is 0 Å². The molecule has 4 N–H and O–H groups in total. The van der Waals surface area contributed by atoms with E-state index in [4.69, 9.17) is 5.73 Å². The summed E-state index contributed by atoms with van der Waals surface area (Å²) < 4.78 is 15.6. The van der Waals surface area contributed by atoms with Gasteiger partial charge in [-0.05, 0) is 54.1 Å². The fourth-order valence-electron chi connectivity index (χ4n) is 4.40. The van der Waals surface area contributed by atoms with Crippen molar-refractivity contribution < 1.29 is 24.2 Å². The molecular formula is C26H23FN2O4. The number of nitrogens with two attached hydrogens (primary N) is 1. The van der Waals surface area contributed by atoms with Crippen LogP contribution in [0.5, 0.6) is 5.75 Å². The van der Waals surface area contributed by atoms with E-state index < -0.39 is 17.3 Å². The highest BCUT2D eigenvalue weighted by atomic mass is 19.1. The monoisotopic (exact) mass is 446 g/mol. The molecule has 4 rings (SSSR count). The van der Waals surface area contributed by atoms with Crippen LogP contribution < -0.4 is 5.73 Å². The number of aromatic carboxylic acids is 1. The largest absolute Gasteiger partial charge is 0.507 e. The lowest BCUT2D eigenvalue weighted by molar-refractivity contribution is -0.119. The number of hydrogen-bond donors (Lipinski definition) is 3. The molecule has 33 heavy (non-hydrogen) atoms. The molecular weight excluding hydrogens is 423 g/mol. The van der Waals surface area contributed by atoms with E-state index in [1.165, 1.54) is 24.3 Å². The molecule has 4 aromatic rings. The van der Waals surface area contributed by atoms with Crippen molar-refractivity contribution in [3.8, 4) is 22.6 Å². The average Bonchev–Trinajstić information content (AvgIpc) is 3.11. The maximum Gasteiger partial charge on any atom is 0.335 e. The van der Waals surface area contributed by atoms with Crippen molar-refractivity contribution in [2.75, 3.05) is 0 Å². The van der Waals surface area contributed by atoms with Crippen LogP contribution in [0, 0.1) is 5.82 Å². The number of carboxylic acids is 1. The third-order valence-electron chi connectivity index (χ3n) is 5.73. The summed E-state index contributed by atoms with van der Waals surface area (Å²) in [5, 5.41) is 20.7. The van der Waals surface area contributed by atoms with Crippen LogP contribution in [-0.2, 0) is 10.2 Å². The molecule has 7 heteroatoms. The summed E-state index contributed by atoms with van der Waals surface area (Å²) in [6.45, 7) is 3.75. The Bertz CT molecular complexity index is 1370. The Morgan fingerprint density at radius 1 is 1.00 bits per heavy atom. The van der Waals surface area contributed by atoms with Gasteiger partial charge in [0.2, 0.25) is 5.91 Å². The third kappa shape index (κ3) is 3.93. The Labute approximate surface area is 189 Å². The van der Waals surface area contributed by atoms with Crippen LogP contribution in [0.25, 0.3) is 27.7 Å². The number of carbonyl (C=O) groups excluding carboxylic acids is 1. The number of carbonyl (C=O) groups is 2. The van der Waals surface area contributed by atoms with E-state index in [2.05, 4.69) is 0 Å². The van der Waals surface area contributed by atoms with Crippen LogP contribution in [0.15, 0.2) is 66.7 Å². The van der Waals surface area contributed by atoms with E-state index in [1.807, 2.05) is 24.5 Å². The fourth-order valence-corrected chi connectivity index (χ4v) is 4.40. The van der Waals surface area contributed by atoms with Gasteiger partial charge in [0.15, 0.2) is 0 Å². The van der Waals surface area contributed by atoms with Crippen LogP contribution in [0.1, 0.15) is 36.3 Å². The van der Waals surface area contributed by atoms with Gasteiger partial charge in [0, 0.05) is 34.2 Å². The molecule has 0 aliphatic carbocycles. The Balaban J connectivity index is 2.15. The molecule has 0 aliphatic heterocycles. The summed E-state index contributed by atoms with van der Waals surface area (Å²) in [7, 11) is 0. The predicted molar refractivity (Wildman–Crippen MR) is 124 cm³/mol. The number of phenolic OH excluding ortho intramolecular Hbond substituents is 1. The van der Waals surface area contributed by atoms with Crippen LogP contribution in [0.3, 0.4) is 0 Å². The van der Waals surface area contributed by atoms with Crippen molar-refractivity contribution in [1.82, 2.24) is 4.57 Å². The number of fused-ring (bicyclic) bond motifs is 1. The Kier molecular flexibility index (Phi) is 5.41. The highest BCUT2D eigenvalue weighted by molar-refractivity contribution is 6.04. The second-order valence-corrected chi connectivity index (χ2v) is 8.62. The number of hydrogen-bond acceptors (Lipinski definition) is 3. The number of nitrogens with zero attached hydrogens (tertiary/aromatic N) is 1. The molecule has 1 aromatic heterocycles. The van der Waals surface area contributed by atoms with Gasteiger partial charge in [-0.1, -0.05) is 32.0 Å². The SMILES string of the molecule is CC(C)(CC(N)=O)c1c(-c2ccc(C(=O)O)cc2)c2c(O)cccc2n1-c1ccc(F)cc1. The lowest BCUT2D eigenvalue weighted by atomic mass is 9.81. The molecule has 0 saturated heterocycles. The molecule has 3 aromatic carbocycles. The van der Waals surface area contributed by atoms with Gasteiger partial charge in [0.05, 0.1) is 11.1 Å². The number of phenols is 1. The molecule has 0 fully saturated rings. The molecule has 0 atom stereocenters. The lowest BCUT2D eigenvalue weighted by Gasteiger charge is -2.28. The number of aromatic hydroxyl groups is 1. The summed E-state index contributed by atoms with van der Waals surface area (Å²) >= 11 is 0. The summed E-state index contributed by atoms with van der Waals surface area (Å²) in [5.41, 5.74) is 8.23. The maximum absolute atomic E-state index is 13.7. The zero-order chi connectivity index (χ0) is 23.9. The van der Waals surface area contributed by atoms with Crippen molar-refractivity contribution in [1.29, 1.82) is 0 Å². The number of benzene rings is 3. The number of rotatable bonds is 6. The van der Waals surface area contributed by atoms with E-state index in [9.17, 15) is 24.2 Å². The Morgan fingerprint density at radius 3 is 2.21 bits per heavy atom.